The highest BCUT2D eigenvalue weighted by Gasteiger charge is 2.26. The number of anilines is 1. The number of nitrogens with zero attached hydrogens (tertiary/aromatic N) is 2. The van der Waals surface area contributed by atoms with Crippen molar-refractivity contribution < 1.29 is 8.42 Å². The molecular weight excluding hydrogens is 274 g/mol. The molecule has 0 bridgehead atoms. The predicted molar refractivity (Wildman–Crippen MR) is 73.0 cm³/mol. The smallest absolute Gasteiger partial charge is 0.244 e. The molecule has 0 fully saturated rings. The Morgan fingerprint density at radius 1 is 1.44 bits per heavy atom. The Kier molecular flexibility index (Phi) is 4.95. The van der Waals surface area contributed by atoms with Crippen LogP contribution >= 0.6 is 11.6 Å². The maximum absolute atomic E-state index is 12.3. The van der Waals surface area contributed by atoms with Gasteiger partial charge in [0.25, 0.3) is 0 Å². The molecule has 0 spiro atoms. The molecule has 1 rings (SSSR count). The van der Waals surface area contributed by atoms with Crippen LogP contribution in [-0.4, -0.2) is 30.8 Å². The normalized spacial score (nSPS) is 12.3. The molecule has 5 nitrogen and oxygen atoms in total. The van der Waals surface area contributed by atoms with Crippen molar-refractivity contribution in [3.05, 3.63) is 17.3 Å². The second-order valence-electron chi connectivity index (χ2n) is 4.03. The molecule has 7 heteroatoms. The number of rotatable bonds is 5. The van der Waals surface area contributed by atoms with Gasteiger partial charge < -0.3 is 5.73 Å². The molecule has 1 aromatic rings. The molecule has 0 atom stereocenters. The molecule has 0 saturated carbocycles. The third kappa shape index (κ3) is 2.93. The molecule has 0 saturated heterocycles. The number of sulfonamides is 1. The van der Waals surface area contributed by atoms with Gasteiger partial charge in [-0.3, -0.25) is 0 Å². The summed E-state index contributed by atoms with van der Waals surface area (Å²) in [6.07, 6.45) is 2.74. The van der Waals surface area contributed by atoms with Crippen molar-refractivity contribution in [2.24, 2.45) is 0 Å². The number of aromatic nitrogens is 1. The summed E-state index contributed by atoms with van der Waals surface area (Å²) in [5, 5.41) is 0.147. The Morgan fingerprint density at radius 2 is 2.00 bits per heavy atom. The largest absolute Gasteiger partial charge is 0.382 e. The van der Waals surface area contributed by atoms with E-state index < -0.39 is 10.0 Å². The van der Waals surface area contributed by atoms with Crippen LogP contribution in [-0.2, 0) is 10.0 Å². The summed E-state index contributed by atoms with van der Waals surface area (Å²) in [7, 11) is -2.00. The molecule has 1 heterocycles. The fraction of sp³-hybridized carbons (Fsp3) is 0.545. The summed E-state index contributed by atoms with van der Waals surface area (Å²) in [4.78, 5) is 3.84. The summed E-state index contributed by atoms with van der Waals surface area (Å²) in [6.45, 7) is 3.91. The van der Waals surface area contributed by atoms with Gasteiger partial charge in [-0.05, 0) is 18.9 Å². The van der Waals surface area contributed by atoms with Crippen LogP contribution in [0.4, 0.5) is 5.82 Å². The number of pyridine rings is 1. The van der Waals surface area contributed by atoms with E-state index in [1.807, 2.05) is 13.8 Å². The van der Waals surface area contributed by atoms with Crippen LogP contribution in [0.1, 0.15) is 26.7 Å². The van der Waals surface area contributed by atoms with Crippen molar-refractivity contribution in [1.82, 2.24) is 9.29 Å². The minimum absolute atomic E-state index is 0.0358. The van der Waals surface area contributed by atoms with E-state index in [1.165, 1.54) is 16.6 Å². The number of nitrogen functional groups attached to an aromatic ring is 1. The molecule has 0 aromatic carbocycles. The van der Waals surface area contributed by atoms with E-state index >= 15 is 0 Å². The molecule has 0 aliphatic carbocycles. The van der Waals surface area contributed by atoms with E-state index in [0.29, 0.717) is 0 Å². The van der Waals surface area contributed by atoms with Gasteiger partial charge in [-0.25, -0.2) is 13.4 Å². The topological polar surface area (TPSA) is 76.3 Å². The lowest BCUT2D eigenvalue weighted by Gasteiger charge is -2.25. The van der Waals surface area contributed by atoms with Crippen molar-refractivity contribution in [2.75, 3.05) is 12.8 Å². The Morgan fingerprint density at radius 3 is 2.44 bits per heavy atom. The second-order valence-corrected chi connectivity index (χ2v) is 6.43. The highest BCUT2D eigenvalue weighted by molar-refractivity contribution is 7.89. The van der Waals surface area contributed by atoms with Crippen molar-refractivity contribution in [2.45, 2.75) is 37.6 Å². The molecule has 0 radical (unpaired) electrons. The van der Waals surface area contributed by atoms with Crippen LogP contribution in [0.2, 0.25) is 5.02 Å². The second kappa shape index (κ2) is 5.86. The maximum atomic E-state index is 12.3. The van der Waals surface area contributed by atoms with Crippen LogP contribution in [0, 0.1) is 0 Å². The first-order valence-corrected chi connectivity index (χ1v) is 7.55. The number of halogens is 1. The van der Waals surface area contributed by atoms with E-state index in [0.717, 1.165) is 12.8 Å². The molecule has 0 amide bonds. The lowest BCUT2D eigenvalue weighted by atomic mass is 10.2. The van der Waals surface area contributed by atoms with E-state index in [-0.39, 0.29) is 21.8 Å². The fourth-order valence-corrected chi connectivity index (χ4v) is 3.44. The number of hydrogen-bond acceptors (Lipinski definition) is 4. The van der Waals surface area contributed by atoms with Crippen LogP contribution in [0.3, 0.4) is 0 Å². The summed E-state index contributed by atoms with van der Waals surface area (Å²) >= 11 is 5.80. The van der Waals surface area contributed by atoms with Crippen molar-refractivity contribution in [1.29, 1.82) is 0 Å². The minimum Gasteiger partial charge on any atom is -0.382 e. The zero-order valence-corrected chi connectivity index (χ0v) is 12.3. The molecule has 0 unspecified atom stereocenters. The summed E-state index contributed by atoms with van der Waals surface area (Å²) in [5.74, 6) is 0.126. The standard InChI is InChI=1S/C11H18ClN3O2S/c1-4-8(5-2)15(3)18(16,17)9-6-10(12)11(13)14-7-9/h6-8H,4-5H2,1-3H3,(H2,13,14). The van der Waals surface area contributed by atoms with Crippen molar-refractivity contribution in [3.8, 4) is 0 Å². The molecule has 1 aromatic heterocycles. The van der Waals surface area contributed by atoms with Gasteiger partial charge in [-0.2, -0.15) is 4.31 Å². The first-order valence-electron chi connectivity index (χ1n) is 5.73. The zero-order valence-electron chi connectivity index (χ0n) is 10.7. The lowest BCUT2D eigenvalue weighted by Crippen LogP contribution is -2.36. The van der Waals surface area contributed by atoms with E-state index in [1.54, 1.807) is 7.05 Å². The fourth-order valence-electron chi connectivity index (χ4n) is 1.74. The Labute approximate surface area is 113 Å². The van der Waals surface area contributed by atoms with Gasteiger partial charge >= 0.3 is 0 Å². The zero-order chi connectivity index (χ0) is 13.9. The van der Waals surface area contributed by atoms with Crippen LogP contribution in [0.15, 0.2) is 17.2 Å². The Hall–Kier alpha value is -0.850. The number of hydrogen-bond donors (Lipinski definition) is 1. The summed E-state index contributed by atoms with van der Waals surface area (Å²) in [6, 6.07) is 1.30. The average molecular weight is 292 g/mol. The summed E-state index contributed by atoms with van der Waals surface area (Å²) < 4.78 is 26.0. The first kappa shape index (κ1) is 15.2. The monoisotopic (exact) mass is 291 g/mol. The third-order valence-corrected chi connectivity index (χ3v) is 5.16. The van der Waals surface area contributed by atoms with Gasteiger partial charge in [0.05, 0.1) is 5.02 Å². The Bertz CT molecular complexity index is 515. The highest BCUT2D eigenvalue weighted by Crippen LogP contribution is 2.24. The number of nitrogens with two attached hydrogens (primary N) is 1. The highest BCUT2D eigenvalue weighted by atomic mass is 35.5. The average Bonchev–Trinajstić information content (AvgIpc) is 2.33. The predicted octanol–water partition coefficient (Wildman–Crippen LogP) is 2.13. The quantitative estimate of drug-likeness (QED) is 0.901. The molecule has 2 N–H and O–H groups in total. The lowest BCUT2D eigenvalue weighted by molar-refractivity contribution is 0.349. The Balaban J connectivity index is 3.16. The van der Waals surface area contributed by atoms with Crippen LogP contribution < -0.4 is 5.73 Å². The van der Waals surface area contributed by atoms with Gasteiger partial charge in [-0.1, -0.05) is 25.4 Å². The van der Waals surface area contributed by atoms with Gasteiger partial charge in [0.15, 0.2) is 0 Å². The van der Waals surface area contributed by atoms with E-state index in [4.69, 9.17) is 17.3 Å². The maximum Gasteiger partial charge on any atom is 0.244 e. The molecule has 0 aliphatic rings. The van der Waals surface area contributed by atoms with Gasteiger partial charge in [0.1, 0.15) is 10.7 Å². The van der Waals surface area contributed by atoms with E-state index in [9.17, 15) is 8.42 Å². The third-order valence-electron chi connectivity index (χ3n) is 2.98. The van der Waals surface area contributed by atoms with Crippen molar-refractivity contribution in [3.63, 3.8) is 0 Å². The summed E-state index contributed by atoms with van der Waals surface area (Å²) in [5.41, 5.74) is 5.47. The van der Waals surface area contributed by atoms with Crippen LogP contribution in [0.25, 0.3) is 0 Å². The molecule has 0 aliphatic heterocycles. The molecule has 102 valence electrons. The van der Waals surface area contributed by atoms with Gasteiger partial charge in [0.2, 0.25) is 10.0 Å². The SMILES string of the molecule is CCC(CC)N(C)S(=O)(=O)c1cnc(N)c(Cl)c1. The van der Waals surface area contributed by atoms with E-state index in [2.05, 4.69) is 4.98 Å². The molecule has 18 heavy (non-hydrogen) atoms. The van der Waals surface area contributed by atoms with Gasteiger partial charge in [0, 0.05) is 19.3 Å². The van der Waals surface area contributed by atoms with Crippen molar-refractivity contribution >= 4 is 27.4 Å². The van der Waals surface area contributed by atoms with Gasteiger partial charge in [-0.15, -0.1) is 0 Å². The first-order chi connectivity index (χ1) is 8.34. The molecular formula is C11H18ClN3O2S. The minimum atomic E-state index is -3.57. The van der Waals surface area contributed by atoms with Crippen LogP contribution in [0.5, 0.6) is 0 Å².